The summed E-state index contributed by atoms with van der Waals surface area (Å²) in [5.41, 5.74) is 5.53. The number of rotatable bonds is 13. The van der Waals surface area contributed by atoms with E-state index in [9.17, 15) is 24.3 Å². The van der Waals surface area contributed by atoms with Crippen LogP contribution in [0.15, 0.2) is 54.7 Å². The number of hydrogen-bond acceptors (Lipinski definition) is 8. The van der Waals surface area contributed by atoms with Gasteiger partial charge >= 0.3 is 12.1 Å². The topological polar surface area (TPSA) is 183 Å². The number of likely N-dealkylation sites (tertiary alicyclic amines) is 2. The number of benzene rings is 2. The molecule has 0 spiro atoms. The van der Waals surface area contributed by atoms with Crippen molar-refractivity contribution in [3.05, 3.63) is 72.1 Å². The lowest BCUT2D eigenvalue weighted by Gasteiger charge is -2.30. The van der Waals surface area contributed by atoms with Crippen molar-refractivity contribution in [2.45, 2.75) is 83.0 Å². The number of aromatic amines is 2. The van der Waals surface area contributed by atoms with E-state index in [0.717, 1.165) is 59.6 Å². The van der Waals surface area contributed by atoms with Gasteiger partial charge in [0.1, 0.15) is 17.7 Å². The fourth-order valence-electron chi connectivity index (χ4n) is 7.32. The number of aliphatic carboxylic acids is 1. The molecule has 53 heavy (non-hydrogen) atoms. The van der Waals surface area contributed by atoms with Crippen molar-refractivity contribution in [2.24, 2.45) is 0 Å². The number of hydrogen-bond donors (Lipinski definition) is 4. The van der Waals surface area contributed by atoms with Crippen molar-refractivity contribution in [1.82, 2.24) is 35.1 Å². The van der Waals surface area contributed by atoms with Gasteiger partial charge in [0.25, 0.3) is 0 Å². The predicted molar refractivity (Wildman–Crippen MR) is 196 cm³/mol. The molecule has 4 N–H and O–H groups in total. The molecule has 0 unspecified atom stereocenters. The molecular weight excluding hydrogens is 678 g/mol. The zero-order chi connectivity index (χ0) is 37.6. The monoisotopic (exact) mass is 725 g/mol. The van der Waals surface area contributed by atoms with Gasteiger partial charge in [-0.1, -0.05) is 55.5 Å². The Hall–Kier alpha value is -5.50. The van der Waals surface area contributed by atoms with Gasteiger partial charge in [0.15, 0.2) is 0 Å². The fourth-order valence-corrected chi connectivity index (χ4v) is 7.32. The van der Waals surface area contributed by atoms with Crippen LogP contribution in [0.25, 0.3) is 33.6 Å². The molecular formula is C39H47N7O7. The van der Waals surface area contributed by atoms with E-state index in [1.165, 1.54) is 14.2 Å². The fraction of sp³-hybridized carbons (Fsp3) is 0.436. The third-order valence-electron chi connectivity index (χ3n) is 10.2. The summed E-state index contributed by atoms with van der Waals surface area (Å²) in [5.74, 6) is 0.132. The molecule has 2 fully saturated rings. The third-order valence-corrected chi connectivity index (χ3v) is 10.2. The van der Waals surface area contributed by atoms with Gasteiger partial charge in [-0.05, 0) is 55.7 Å². The Morgan fingerprint density at radius 2 is 1.49 bits per heavy atom. The molecule has 4 aromatic rings. The number of alkyl carbamates (subject to hydrolysis) is 1. The molecule has 14 nitrogen and oxygen atoms in total. The lowest BCUT2D eigenvalue weighted by atomic mass is 10.0. The third kappa shape index (κ3) is 8.12. The molecule has 3 amide bonds. The van der Waals surface area contributed by atoms with E-state index < -0.39 is 30.3 Å². The summed E-state index contributed by atoms with van der Waals surface area (Å²) in [6, 6.07) is 14.5. The Bertz CT molecular complexity index is 1920. The SMILES string of the molecule is CCCC(=O)N1CCC[C@H]1c1ncc(-c2ccc(-c3ccc(-c4nc([C@@H]5CCCN5C(=O)[C@@H](NC(=O)OC)[C@@H](C)OC)[nH]c4CC(=O)O)cc3)cc2)[nH]1. The van der Waals surface area contributed by atoms with E-state index in [4.69, 9.17) is 14.5 Å². The van der Waals surface area contributed by atoms with Crippen molar-refractivity contribution >= 4 is 23.9 Å². The van der Waals surface area contributed by atoms with Crippen LogP contribution in [-0.4, -0.2) is 98.2 Å². The van der Waals surface area contributed by atoms with Gasteiger partial charge < -0.3 is 39.7 Å². The minimum Gasteiger partial charge on any atom is -0.481 e. The predicted octanol–water partition coefficient (Wildman–Crippen LogP) is 5.65. The molecule has 4 atom stereocenters. The van der Waals surface area contributed by atoms with Crippen LogP contribution in [0.4, 0.5) is 4.79 Å². The first-order chi connectivity index (χ1) is 25.6. The van der Waals surface area contributed by atoms with Gasteiger partial charge in [0.2, 0.25) is 11.8 Å². The van der Waals surface area contributed by atoms with E-state index in [2.05, 4.69) is 20.3 Å². The van der Waals surface area contributed by atoms with Crippen LogP contribution < -0.4 is 5.32 Å². The summed E-state index contributed by atoms with van der Waals surface area (Å²) in [6.07, 6.45) is 4.76. The van der Waals surface area contributed by atoms with E-state index >= 15 is 0 Å². The summed E-state index contributed by atoms with van der Waals surface area (Å²) in [7, 11) is 2.69. The molecule has 0 bridgehead atoms. The van der Waals surface area contributed by atoms with Gasteiger partial charge in [0, 0.05) is 32.2 Å². The summed E-state index contributed by atoms with van der Waals surface area (Å²) in [4.78, 5) is 70.1. The van der Waals surface area contributed by atoms with Gasteiger partial charge in [0.05, 0.1) is 55.0 Å². The minimum atomic E-state index is -1.01. The van der Waals surface area contributed by atoms with Crippen LogP contribution in [0.3, 0.4) is 0 Å². The number of aromatic nitrogens is 4. The smallest absolute Gasteiger partial charge is 0.407 e. The number of methoxy groups -OCH3 is 2. The molecule has 4 heterocycles. The quantitative estimate of drug-likeness (QED) is 0.135. The standard InChI is InChI=1S/C39H47N7O7/c1-5-8-32(47)45-19-6-9-30(45)36-40-22-29(42-36)26-15-11-24(12-16-26)25-13-17-27(18-14-25)35-28(21-33(48)49)41-37(43-35)31-10-7-20-46(31)38(50)34(23(2)52-3)44-39(51)53-4/h11-18,22-23,30-31,34H,5-10,19-21H2,1-4H3,(H,40,42)(H,41,43)(H,44,51)(H,48,49)/t23-,30+,31+,34+/m1/s1. The molecule has 2 aromatic heterocycles. The molecule has 14 heteroatoms. The maximum Gasteiger partial charge on any atom is 0.407 e. The van der Waals surface area contributed by atoms with Crippen molar-refractivity contribution in [3.63, 3.8) is 0 Å². The van der Waals surface area contributed by atoms with Crippen LogP contribution in [0.1, 0.15) is 81.8 Å². The normalized spacial score (nSPS) is 18.2. The largest absolute Gasteiger partial charge is 0.481 e. The summed E-state index contributed by atoms with van der Waals surface area (Å²) in [5, 5.41) is 12.3. The Balaban J connectivity index is 1.19. The Kier molecular flexibility index (Phi) is 11.6. The van der Waals surface area contributed by atoms with Crippen LogP contribution in [0.2, 0.25) is 0 Å². The lowest BCUT2D eigenvalue weighted by molar-refractivity contribution is -0.138. The van der Waals surface area contributed by atoms with Crippen LogP contribution >= 0.6 is 0 Å². The molecule has 6 rings (SSSR count). The van der Waals surface area contributed by atoms with Gasteiger partial charge in [-0.3, -0.25) is 14.4 Å². The first kappa shape index (κ1) is 37.3. The second-order valence-electron chi connectivity index (χ2n) is 13.6. The number of H-pyrrole nitrogens is 2. The van der Waals surface area contributed by atoms with Crippen LogP contribution in [0, 0.1) is 0 Å². The maximum atomic E-state index is 13.7. The average Bonchev–Trinajstić information content (AvgIpc) is 4.00. The Morgan fingerprint density at radius 3 is 2.09 bits per heavy atom. The molecule has 0 saturated carbocycles. The van der Waals surface area contributed by atoms with Crippen LogP contribution in [-0.2, 0) is 30.3 Å². The molecule has 2 aliphatic rings. The molecule has 2 saturated heterocycles. The number of nitrogens with one attached hydrogen (secondary N) is 3. The highest BCUT2D eigenvalue weighted by atomic mass is 16.5. The van der Waals surface area contributed by atoms with Crippen molar-refractivity contribution in [1.29, 1.82) is 0 Å². The summed E-state index contributed by atoms with van der Waals surface area (Å²) >= 11 is 0. The number of carboxylic acid groups (broad SMARTS) is 1. The van der Waals surface area contributed by atoms with Gasteiger partial charge in [-0.25, -0.2) is 14.8 Å². The second-order valence-corrected chi connectivity index (χ2v) is 13.6. The zero-order valence-corrected chi connectivity index (χ0v) is 30.6. The van der Waals surface area contributed by atoms with Gasteiger partial charge in [-0.15, -0.1) is 0 Å². The maximum absolute atomic E-state index is 13.7. The number of amides is 3. The first-order valence-corrected chi connectivity index (χ1v) is 18.2. The number of nitrogens with zero attached hydrogens (tertiary/aromatic N) is 4. The van der Waals surface area contributed by atoms with Crippen molar-refractivity contribution in [3.8, 4) is 33.6 Å². The van der Waals surface area contributed by atoms with E-state index in [1.54, 1.807) is 11.8 Å². The van der Waals surface area contributed by atoms with Crippen LogP contribution in [0.5, 0.6) is 0 Å². The highest BCUT2D eigenvalue weighted by molar-refractivity contribution is 5.87. The van der Waals surface area contributed by atoms with E-state index in [-0.39, 0.29) is 24.3 Å². The first-order valence-electron chi connectivity index (χ1n) is 18.2. The van der Waals surface area contributed by atoms with Crippen molar-refractivity contribution in [2.75, 3.05) is 27.3 Å². The highest BCUT2D eigenvalue weighted by Gasteiger charge is 2.39. The van der Waals surface area contributed by atoms with E-state index in [0.29, 0.717) is 43.0 Å². The molecule has 280 valence electrons. The molecule has 0 radical (unpaired) electrons. The lowest BCUT2D eigenvalue weighted by Crippen LogP contribution is -2.54. The summed E-state index contributed by atoms with van der Waals surface area (Å²) in [6.45, 7) is 4.92. The second kappa shape index (κ2) is 16.4. The number of carbonyl (C=O) groups excluding carboxylic acids is 3. The number of imidazole rings is 2. The molecule has 2 aliphatic heterocycles. The minimum absolute atomic E-state index is 0.0193. The number of carboxylic acids is 1. The Morgan fingerprint density at radius 1 is 0.887 bits per heavy atom. The highest BCUT2D eigenvalue weighted by Crippen LogP contribution is 2.36. The number of carbonyl (C=O) groups is 4. The number of ether oxygens (including phenoxy) is 2. The molecule has 0 aliphatic carbocycles. The Labute approximate surface area is 308 Å². The van der Waals surface area contributed by atoms with Gasteiger partial charge in [-0.2, -0.15) is 0 Å². The average molecular weight is 726 g/mol. The summed E-state index contributed by atoms with van der Waals surface area (Å²) < 4.78 is 10.1. The van der Waals surface area contributed by atoms with E-state index in [1.807, 2.05) is 66.6 Å². The zero-order valence-electron chi connectivity index (χ0n) is 30.6. The van der Waals surface area contributed by atoms with Crippen molar-refractivity contribution < 1.29 is 33.8 Å². The molecule has 2 aromatic carbocycles.